The second-order valence-corrected chi connectivity index (χ2v) is 11.2. The molecule has 0 saturated carbocycles. The third-order valence-electron chi connectivity index (χ3n) is 6.02. The zero-order chi connectivity index (χ0) is 25.2. The number of halogens is 2. The average molecular weight is 531 g/mol. The van der Waals surface area contributed by atoms with Crippen molar-refractivity contribution in [3.05, 3.63) is 29.6 Å². The van der Waals surface area contributed by atoms with Gasteiger partial charge in [0, 0.05) is 26.1 Å². The van der Waals surface area contributed by atoms with Crippen molar-refractivity contribution in [3.63, 3.8) is 0 Å². The molecule has 2 aliphatic heterocycles. The van der Waals surface area contributed by atoms with Gasteiger partial charge in [0.1, 0.15) is 24.6 Å². The summed E-state index contributed by atoms with van der Waals surface area (Å²) in [4.78, 5) is 18.1. The van der Waals surface area contributed by atoms with Crippen molar-refractivity contribution < 1.29 is 27.0 Å². The van der Waals surface area contributed by atoms with Gasteiger partial charge in [0.25, 0.3) is 11.8 Å². The fourth-order valence-corrected chi connectivity index (χ4v) is 5.08. The van der Waals surface area contributed by atoms with Gasteiger partial charge in [0.05, 0.1) is 36.8 Å². The van der Waals surface area contributed by atoms with E-state index in [2.05, 4.69) is 19.9 Å². The van der Waals surface area contributed by atoms with Gasteiger partial charge >= 0.3 is 0 Å². The molecule has 4 rings (SSSR count). The summed E-state index contributed by atoms with van der Waals surface area (Å²) < 4.78 is 57.6. The van der Waals surface area contributed by atoms with Crippen molar-refractivity contribution in [2.24, 2.45) is 5.92 Å². The lowest BCUT2D eigenvalue weighted by Gasteiger charge is -2.30. The minimum absolute atomic E-state index is 0.0152. The fourth-order valence-electron chi connectivity index (χ4n) is 4.11. The Morgan fingerprint density at radius 3 is 2.43 bits per heavy atom. The van der Waals surface area contributed by atoms with Crippen LogP contribution in [0.25, 0.3) is 0 Å². The number of ether oxygens (including phenoxy) is 3. The maximum atomic E-state index is 15.2. The summed E-state index contributed by atoms with van der Waals surface area (Å²) in [6, 6.07) is 0. The number of hydrogen-bond donors (Lipinski definition) is 0. The quantitative estimate of drug-likeness (QED) is 0.499. The summed E-state index contributed by atoms with van der Waals surface area (Å²) in [5.41, 5.74) is 0. The van der Waals surface area contributed by atoms with E-state index in [4.69, 9.17) is 25.8 Å². The molecular formula is C21H28ClFN6O5S. The molecule has 11 nitrogen and oxygen atoms in total. The summed E-state index contributed by atoms with van der Waals surface area (Å²) >= 11 is 5.86. The lowest BCUT2D eigenvalue weighted by Crippen LogP contribution is -2.41. The number of likely N-dealkylation sites (N-methyl/N-ethyl adjacent to an activating group) is 1. The summed E-state index contributed by atoms with van der Waals surface area (Å²) in [7, 11) is -1.44. The van der Waals surface area contributed by atoms with Crippen molar-refractivity contribution in [3.8, 4) is 11.8 Å². The third-order valence-corrected chi connectivity index (χ3v) is 7.52. The van der Waals surface area contributed by atoms with Crippen LogP contribution in [0.4, 0.5) is 10.3 Å². The van der Waals surface area contributed by atoms with E-state index in [0.29, 0.717) is 50.1 Å². The van der Waals surface area contributed by atoms with E-state index in [-0.39, 0.29) is 29.9 Å². The van der Waals surface area contributed by atoms with Crippen molar-refractivity contribution in [2.75, 3.05) is 44.4 Å². The van der Waals surface area contributed by atoms with Gasteiger partial charge in [-0.3, -0.25) is 0 Å². The molecule has 2 aromatic heterocycles. The fraction of sp³-hybridized carbons (Fsp3) is 0.619. The molecule has 2 unspecified atom stereocenters. The van der Waals surface area contributed by atoms with Gasteiger partial charge in [-0.1, -0.05) is 18.5 Å². The molecule has 0 aliphatic carbocycles. The Hall–Kier alpha value is -2.35. The molecule has 2 aromatic rings. The predicted octanol–water partition coefficient (Wildman–Crippen LogP) is 1.78. The number of nitrogens with zero attached hydrogens (tertiary/aromatic N) is 6. The molecule has 14 heteroatoms. The first-order valence-corrected chi connectivity index (χ1v) is 13.4. The first-order chi connectivity index (χ1) is 16.6. The van der Waals surface area contributed by atoms with Gasteiger partial charge in [-0.25, -0.2) is 22.7 Å². The van der Waals surface area contributed by atoms with Gasteiger partial charge in [-0.15, -0.1) is 0 Å². The standard InChI is InChI=1S/C21H28ClFN6O5S/c1-13-11-32-16(10-28(2)21-24-8-14(22)9-25-21)18(13)34-20-17(23)19(26-12-27-20)33-15-4-6-29(7-5-15)35(3,30)31/h8-9,12-13,15-16,18H,4-7,10-11H2,1-3H3/t13?,16?,18-/m0/s1. The topological polar surface area (TPSA) is 120 Å². The maximum Gasteiger partial charge on any atom is 0.258 e. The van der Waals surface area contributed by atoms with Crippen molar-refractivity contribution in [2.45, 2.75) is 38.1 Å². The highest BCUT2D eigenvalue weighted by molar-refractivity contribution is 7.88. The van der Waals surface area contributed by atoms with Crippen LogP contribution in [0.5, 0.6) is 11.8 Å². The highest BCUT2D eigenvalue weighted by atomic mass is 35.5. The summed E-state index contributed by atoms with van der Waals surface area (Å²) in [5.74, 6) is -0.782. The Morgan fingerprint density at radius 2 is 1.80 bits per heavy atom. The van der Waals surface area contributed by atoms with Crippen LogP contribution in [0, 0.1) is 11.7 Å². The van der Waals surface area contributed by atoms with Crippen molar-refractivity contribution in [1.82, 2.24) is 24.2 Å². The van der Waals surface area contributed by atoms with E-state index >= 15 is 4.39 Å². The van der Waals surface area contributed by atoms with Crippen molar-refractivity contribution in [1.29, 1.82) is 0 Å². The molecule has 192 valence electrons. The first-order valence-electron chi connectivity index (χ1n) is 11.2. The number of hydrogen-bond acceptors (Lipinski definition) is 10. The Labute approximate surface area is 208 Å². The Kier molecular flexibility index (Phi) is 7.89. The Balaban J connectivity index is 1.40. The van der Waals surface area contributed by atoms with Crippen LogP contribution in [-0.4, -0.2) is 90.5 Å². The maximum absolute atomic E-state index is 15.2. The predicted molar refractivity (Wildman–Crippen MR) is 126 cm³/mol. The molecule has 0 radical (unpaired) electrons. The van der Waals surface area contributed by atoms with E-state index in [1.165, 1.54) is 29.3 Å². The van der Waals surface area contributed by atoms with Crippen LogP contribution in [0.15, 0.2) is 18.7 Å². The number of aromatic nitrogens is 4. The van der Waals surface area contributed by atoms with Crippen LogP contribution in [0.1, 0.15) is 19.8 Å². The van der Waals surface area contributed by atoms with Crippen molar-refractivity contribution >= 4 is 27.6 Å². The normalized spacial score (nSPS) is 23.9. The van der Waals surface area contributed by atoms with E-state index in [1.54, 1.807) is 0 Å². The Bertz CT molecular complexity index is 1120. The lowest BCUT2D eigenvalue weighted by molar-refractivity contribution is 0.0520. The molecule has 4 heterocycles. The molecule has 0 aromatic carbocycles. The molecule has 2 aliphatic rings. The molecule has 0 N–H and O–H groups in total. The van der Waals surface area contributed by atoms with Gasteiger partial charge < -0.3 is 19.1 Å². The van der Waals surface area contributed by atoms with Crippen LogP contribution in [0.2, 0.25) is 5.02 Å². The van der Waals surface area contributed by atoms with E-state index in [1.807, 2.05) is 18.9 Å². The molecule has 0 spiro atoms. The SMILES string of the molecule is CC1COC(CN(C)c2ncc(Cl)cn2)[C@H]1Oc1ncnc(OC2CCN(S(C)(=O)=O)CC2)c1F. The minimum Gasteiger partial charge on any atom is -0.472 e. The molecule has 35 heavy (non-hydrogen) atoms. The summed E-state index contributed by atoms with van der Waals surface area (Å²) in [6.07, 6.45) is 5.02. The second-order valence-electron chi connectivity index (χ2n) is 8.79. The highest BCUT2D eigenvalue weighted by Crippen LogP contribution is 2.30. The third kappa shape index (κ3) is 6.26. The number of sulfonamides is 1. The number of rotatable bonds is 8. The van der Waals surface area contributed by atoms with E-state index in [9.17, 15) is 8.42 Å². The van der Waals surface area contributed by atoms with Crippen LogP contribution in [-0.2, 0) is 14.8 Å². The molecule has 0 bridgehead atoms. The zero-order valence-corrected chi connectivity index (χ0v) is 21.2. The monoisotopic (exact) mass is 530 g/mol. The average Bonchev–Trinajstić information content (AvgIpc) is 3.15. The molecule has 2 saturated heterocycles. The molecule has 3 atom stereocenters. The van der Waals surface area contributed by atoms with Crippen LogP contribution < -0.4 is 14.4 Å². The summed E-state index contributed by atoms with van der Waals surface area (Å²) in [6.45, 7) is 3.42. The van der Waals surface area contributed by atoms with Gasteiger partial charge in [-0.2, -0.15) is 14.4 Å². The molecular weight excluding hydrogens is 503 g/mol. The number of piperidine rings is 1. The van der Waals surface area contributed by atoms with Crippen LogP contribution in [0.3, 0.4) is 0 Å². The van der Waals surface area contributed by atoms with E-state index < -0.39 is 21.9 Å². The largest absolute Gasteiger partial charge is 0.472 e. The first kappa shape index (κ1) is 25.7. The molecule has 2 fully saturated rings. The lowest BCUT2D eigenvalue weighted by atomic mass is 10.0. The van der Waals surface area contributed by atoms with E-state index in [0.717, 1.165) is 0 Å². The Morgan fingerprint density at radius 1 is 1.17 bits per heavy atom. The number of anilines is 1. The van der Waals surface area contributed by atoms with Gasteiger partial charge in [-0.05, 0) is 12.8 Å². The van der Waals surface area contributed by atoms with Crippen LogP contribution >= 0.6 is 11.6 Å². The summed E-state index contributed by atoms with van der Waals surface area (Å²) in [5, 5.41) is 0.437. The van der Waals surface area contributed by atoms with Gasteiger partial charge in [0.15, 0.2) is 0 Å². The zero-order valence-electron chi connectivity index (χ0n) is 19.7. The highest BCUT2D eigenvalue weighted by Gasteiger charge is 2.39. The second kappa shape index (κ2) is 10.7. The van der Waals surface area contributed by atoms with Gasteiger partial charge in [0.2, 0.25) is 21.8 Å². The smallest absolute Gasteiger partial charge is 0.258 e. The molecule has 0 amide bonds. The minimum atomic E-state index is -3.26.